The zero-order valence-electron chi connectivity index (χ0n) is 9.94. The molecule has 7 nitrogen and oxygen atoms in total. The average molecular weight is 278 g/mol. The van der Waals surface area contributed by atoms with Crippen molar-refractivity contribution in [2.45, 2.75) is 12.2 Å². The first-order chi connectivity index (χ1) is 9.06. The van der Waals surface area contributed by atoms with Crippen LogP contribution in [0, 0.1) is 10.1 Å². The fraction of sp³-hybridized carbons (Fsp3) is 0.182. The number of nitro groups is 1. The topological polar surface area (TPSA) is 97.0 Å². The number of amides is 1. The molecule has 0 aliphatic carbocycles. The molecule has 0 aromatic heterocycles. The third-order valence-corrected chi connectivity index (χ3v) is 3.32. The number of nitro benzene ring substituents is 1. The second-order valence-corrected chi connectivity index (χ2v) is 5.08. The van der Waals surface area contributed by atoms with Gasteiger partial charge in [0.25, 0.3) is 5.69 Å². The van der Waals surface area contributed by atoms with Crippen molar-refractivity contribution in [3.05, 3.63) is 39.9 Å². The molecule has 0 radical (unpaired) electrons. The lowest BCUT2D eigenvalue weighted by Crippen LogP contribution is -2.23. The SMILES string of the molecule is C[C@@H]1S/C(=N\N=Cc2ccc([N+](=O)[O-])cc2)NC1=O. The van der Waals surface area contributed by atoms with Gasteiger partial charge < -0.3 is 5.32 Å². The Bertz CT molecular complexity index is 568. The Hall–Kier alpha value is -2.22. The van der Waals surface area contributed by atoms with Crippen LogP contribution in [0.5, 0.6) is 0 Å². The predicted molar refractivity (Wildman–Crippen MR) is 73.3 cm³/mol. The summed E-state index contributed by atoms with van der Waals surface area (Å²) in [6.07, 6.45) is 1.46. The summed E-state index contributed by atoms with van der Waals surface area (Å²) in [5.41, 5.74) is 0.716. The van der Waals surface area contributed by atoms with E-state index >= 15 is 0 Å². The number of amidine groups is 1. The van der Waals surface area contributed by atoms with Crippen molar-refractivity contribution >= 4 is 34.7 Å². The van der Waals surface area contributed by atoms with Crippen LogP contribution < -0.4 is 5.32 Å². The van der Waals surface area contributed by atoms with Gasteiger partial charge in [0.15, 0.2) is 5.17 Å². The Labute approximate surface area is 112 Å². The maximum Gasteiger partial charge on any atom is 0.269 e. The summed E-state index contributed by atoms with van der Waals surface area (Å²) in [7, 11) is 0. The monoisotopic (exact) mass is 278 g/mol. The molecule has 0 bridgehead atoms. The van der Waals surface area contributed by atoms with E-state index in [1.807, 2.05) is 0 Å². The zero-order valence-corrected chi connectivity index (χ0v) is 10.8. The lowest BCUT2D eigenvalue weighted by molar-refractivity contribution is -0.384. The van der Waals surface area contributed by atoms with Crippen molar-refractivity contribution in [1.82, 2.24) is 5.32 Å². The van der Waals surface area contributed by atoms with Gasteiger partial charge in [-0.2, -0.15) is 5.10 Å². The second-order valence-electron chi connectivity index (χ2n) is 3.75. The summed E-state index contributed by atoms with van der Waals surface area (Å²) in [5.74, 6) is -0.0886. The first-order valence-corrected chi connectivity index (χ1v) is 6.27. The van der Waals surface area contributed by atoms with Crippen LogP contribution >= 0.6 is 11.8 Å². The number of rotatable bonds is 3. The molecule has 1 aliphatic heterocycles. The van der Waals surface area contributed by atoms with Gasteiger partial charge in [-0.05, 0) is 24.6 Å². The highest BCUT2D eigenvalue weighted by Gasteiger charge is 2.25. The van der Waals surface area contributed by atoms with Crippen molar-refractivity contribution in [3.8, 4) is 0 Å². The maximum absolute atomic E-state index is 11.2. The van der Waals surface area contributed by atoms with Crippen molar-refractivity contribution in [1.29, 1.82) is 0 Å². The summed E-state index contributed by atoms with van der Waals surface area (Å²) >= 11 is 1.30. The van der Waals surface area contributed by atoms with Gasteiger partial charge in [-0.25, -0.2) is 0 Å². The molecule has 19 heavy (non-hydrogen) atoms. The van der Waals surface area contributed by atoms with Crippen LogP contribution in [0.15, 0.2) is 34.5 Å². The molecule has 0 unspecified atom stereocenters. The lowest BCUT2D eigenvalue weighted by atomic mass is 10.2. The number of hydrogen-bond acceptors (Lipinski definition) is 6. The van der Waals surface area contributed by atoms with E-state index in [9.17, 15) is 14.9 Å². The van der Waals surface area contributed by atoms with Crippen LogP contribution in [0.1, 0.15) is 12.5 Å². The number of benzene rings is 1. The summed E-state index contributed by atoms with van der Waals surface area (Å²) in [6.45, 7) is 1.78. The fourth-order valence-corrected chi connectivity index (χ4v) is 2.09. The van der Waals surface area contributed by atoms with Crippen molar-refractivity contribution in [2.24, 2.45) is 10.2 Å². The van der Waals surface area contributed by atoms with E-state index in [0.29, 0.717) is 10.7 Å². The van der Waals surface area contributed by atoms with Gasteiger partial charge in [0, 0.05) is 12.1 Å². The molecule has 0 spiro atoms. The lowest BCUT2D eigenvalue weighted by Gasteiger charge is -1.92. The number of nitrogens with one attached hydrogen (secondary N) is 1. The van der Waals surface area contributed by atoms with Crippen LogP contribution in [0.4, 0.5) is 5.69 Å². The van der Waals surface area contributed by atoms with E-state index in [-0.39, 0.29) is 16.8 Å². The predicted octanol–water partition coefficient (Wildman–Crippen LogP) is 1.54. The third kappa shape index (κ3) is 3.38. The molecule has 2 rings (SSSR count). The van der Waals surface area contributed by atoms with E-state index in [1.54, 1.807) is 19.1 Å². The molecule has 1 saturated heterocycles. The standard InChI is InChI=1S/C11H10N4O3S/c1-7-10(16)13-11(19-7)14-12-6-8-2-4-9(5-3-8)15(17)18/h2-7H,1H3,(H,13,14,16)/t7-/m0/s1. The third-order valence-electron chi connectivity index (χ3n) is 2.35. The Balaban J connectivity index is 2.01. The number of carbonyl (C=O) groups excluding carboxylic acids is 1. The fourth-order valence-electron chi connectivity index (χ4n) is 1.34. The van der Waals surface area contributed by atoms with Gasteiger partial charge in [0.05, 0.1) is 16.4 Å². The number of carbonyl (C=O) groups is 1. The molecule has 98 valence electrons. The molecule has 0 saturated carbocycles. The Morgan fingerprint density at radius 1 is 1.42 bits per heavy atom. The first-order valence-electron chi connectivity index (χ1n) is 5.39. The molecule has 1 heterocycles. The normalized spacial score (nSPS) is 21.0. The molecule has 8 heteroatoms. The smallest absolute Gasteiger partial charge is 0.269 e. The molecular formula is C11H10N4O3S. The molecule has 1 N–H and O–H groups in total. The van der Waals surface area contributed by atoms with Crippen LogP contribution in [0.2, 0.25) is 0 Å². The Kier molecular flexibility index (Phi) is 3.91. The van der Waals surface area contributed by atoms with Gasteiger partial charge in [-0.3, -0.25) is 14.9 Å². The summed E-state index contributed by atoms with van der Waals surface area (Å²) in [5, 5.41) is 21.0. The van der Waals surface area contributed by atoms with Crippen LogP contribution in [0.25, 0.3) is 0 Å². The summed E-state index contributed by atoms with van der Waals surface area (Å²) in [6, 6.07) is 5.93. The number of non-ortho nitro benzene ring substituents is 1. The van der Waals surface area contributed by atoms with Crippen molar-refractivity contribution in [3.63, 3.8) is 0 Å². The van der Waals surface area contributed by atoms with Gasteiger partial charge in [0.1, 0.15) is 0 Å². The van der Waals surface area contributed by atoms with E-state index in [4.69, 9.17) is 0 Å². The minimum absolute atomic E-state index is 0.0240. The van der Waals surface area contributed by atoms with E-state index in [0.717, 1.165) is 0 Å². The maximum atomic E-state index is 11.2. The van der Waals surface area contributed by atoms with Crippen molar-refractivity contribution < 1.29 is 9.72 Å². The Morgan fingerprint density at radius 3 is 2.63 bits per heavy atom. The van der Waals surface area contributed by atoms with Gasteiger partial charge in [-0.15, -0.1) is 5.10 Å². The highest BCUT2D eigenvalue weighted by atomic mass is 32.2. The van der Waals surface area contributed by atoms with Gasteiger partial charge >= 0.3 is 0 Å². The molecule has 1 fully saturated rings. The summed E-state index contributed by atoms with van der Waals surface area (Å²) in [4.78, 5) is 21.2. The van der Waals surface area contributed by atoms with Gasteiger partial charge in [0.2, 0.25) is 5.91 Å². The number of thioether (sulfide) groups is 1. The largest absolute Gasteiger partial charge is 0.303 e. The van der Waals surface area contributed by atoms with E-state index in [2.05, 4.69) is 15.5 Å². The minimum atomic E-state index is -0.465. The number of nitrogens with zero attached hydrogens (tertiary/aromatic N) is 3. The van der Waals surface area contributed by atoms with E-state index < -0.39 is 4.92 Å². The molecule has 1 amide bonds. The quantitative estimate of drug-likeness (QED) is 0.515. The first kappa shape index (κ1) is 13.2. The molecule has 1 aromatic carbocycles. The minimum Gasteiger partial charge on any atom is -0.303 e. The second kappa shape index (κ2) is 5.61. The van der Waals surface area contributed by atoms with Crippen molar-refractivity contribution in [2.75, 3.05) is 0 Å². The molecule has 1 atom stereocenters. The van der Waals surface area contributed by atoms with Crippen LogP contribution in [-0.4, -0.2) is 27.5 Å². The average Bonchev–Trinajstić information content (AvgIpc) is 2.69. The Morgan fingerprint density at radius 2 is 2.11 bits per heavy atom. The highest BCUT2D eigenvalue weighted by molar-refractivity contribution is 8.15. The molecule has 1 aliphatic rings. The van der Waals surface area contributed by atoms with Crippen LogP contribution in [0.3, 0.4) is 0 Å². The summed E-state index contributed by atoms with van der Waals surface area (Å²) < 4.78 is 0. The van der Waals surface area contributed by atoms with E-state index in [1.165, 1.54) is 30.1 Å². The van der Waals surface area contributed by atoms with Crippen LogP contribution in [-0.2, 0) is 4.79 Å². The molecule has 1 aromatic rings. The van der Waals surface area contributed by atoms with Gasteiger partial charge in [-0.1, -0.05) is 11.8 Å². The zero-order chi connectivity index (χ0) is 13.8. The highest BCUT2D eigenvalue weighted by Crippen LogP contribution is 2.18. The molecular weight excluding hydrogens is 268 g/mol. The number of hydrogen-bond donors (Lipinski definition) is 1.